The van der Waals surface area contributed by atoms with Gasteiger partial charge in [-0.15, -0.1) is 46.7 Å². The van der Waals surface area contributed by atoms with E-state index in [2.05, 4.69) is 70.7 Å². The second-order valence-electron chi connectivity index (χ2n) is 6.98. The number of thiazole rings is 1. The van der Waals surface area contributed by atoms with E-state index in [9.17, 15) is 0 Å². The van der Waals surface area contributed by atoms with Crippen molar-refractivity contribution >= 4 is 52.6 Å². The van der Waals surface area contributed by atoms with Gasteiger partial charge in [0.1, 0.15) is 0 Å². The minimum atomic E-state index is 0. The normalized spacial score (nSPS) is 12.7. The van der Waals surface area contributed by atoms with Crippen LogP contribution in [0.15, 0.2) is 22.5 Å². The second-order valence-corrected chi connectivity index (χ2v) is 9.21. The molecule has 2 rings (SSSR count). The standard InChI is InChI=1S/C21H35N5S2.HI/c1-6-26(7-2)14-8-9-16(3)24-21(22-5)23-13-12-18-10-11-20(28-18)19-15-27-17(4)25-19;/h10-11,15-16H,6-9,12-14H2,1-5H3,(H2,22,23,24);1H. The lowest BCUT2D eigenvalue weighted by Gasteiger charge is -2.21. The van der Waals surface area contributed by atoms with Gasteiger partial charge in [-0.05, 0) is 64.9 Å². The SMILES string of the molecule is CCN(CC)CCCC(C)NC(=NC)NCCc1ccc(-c2csc(C)n2)s1.I. The van der Waals surface area contributed by atoms with E-state index in [-0.39, 0.29) is 24.0 Å². The summed E-state index contributed by atoms with van der Waals surface area (Å²) in [5.41, 5.74) is 1.10. The Morgan fingerprint density at radius 2 is 2.03 bits per heavy atom. The van der Waals surface area contributed by atoms with Gasteiger partial charge in [0.2, 0.25) is 0 Å². The minimum Gasteiger partial charge on any atom is -0.356 e. The van der Waals surface area contributed by atoms with Gasteiger partial charge in [0.15, 0.2) is 5.96 Å². The Labute approximate surface area is 201 Å². The van der Waals surface area contributed by atoms with Crippen molar-refractivity contribution in [3.63, 3.8) is 0 Å². The van der Waals surface area contributed by atoms with Crippen LogP contribution in [-0.2, 0) is 6.42 Å². The maximum absolute atomic E-state index is 4.58. The van der Waals surface area contributed by atoms with Crippen LogP contribution in [0.4, 0.5) is 0 Å². The number of guanidine groups is 1. The predicted molar refractivity (Wildman–Crippen MR) is 140 cm³/mol. The molecule has 0 saturated heterocycles. The average molecular weight is 550 g/mol. The van der Waals surface area contributed by atoms with E-state index in [1.54, 1.807) is 11.3 Å². The van der Waals surface area contributed by atoms with Crippen LogP contribution in [0, 0.1) is 6.92 Å². The van der Waals surface area contributed by atoms with Crippen molar-refractivity contribution in [2.24, 2.45) is 4.99 Å². The molecule has 2 N–H and O–H groups in total. The Hall–Kier alpha value is -0.710. The fraction of sp³-hybridized carbons (Fsp3) is 0.619. The first kappa shape index (κ1) is 26.3. The third-order valence-corrected chi connectivity index (χ3v) is 6.75. The van der Waals surface area contributed by atoms with Crippen LogP contribution in [0.5, 0.6) is 0 Å². The van der Waals surface area contributed by atoms with Crippen LogP contribution in [-0.4, -0.2) is 55.1 Å². The molecule has 0 aromatic carbocycles. The second kappa shape index (κ2) is 14.3. The molecule has 0 aliphatic rings. The molecule has 0 radical (unpaired) electrons. The maximum Gasteiger partial charge on any atom is 0.191 e. The van der Waals surface area contributed by atoms with Crippen molar-refractivity contribution in [3.8, 4) is 10.6 Å². The molecule has 2 heterocycles. The number of hydrogen-bond donors (Lipinski definition) is 2. The third kappa shape index (κ3) is 9.31. The fourth-order valence-electron chi connectivity index (χ4n) is 3.09. The molecule has 8 heteroatoms. The molecule has 5 nitrogen and oxygen atoms in total. The summed E-state index contributed by atoms with van der Waals surface area (Å²) < 4.78 is 0. The van der Waals surface area contributed by atoms with Gasteiger partial charge in [-0.3, -0.25) is 4.99 Å². The number of nitrogens with zero attached hydrogens (tertiary/aromatic N) is 3. The van der Waals surface area contributed by atoms with Crippen LogP contribution in [0.3, 0.4) is 0 Å². The fourth-order valence-corrected chi connectivity index (χ4v) is 4.75. The minimum absolute atomic E-state index is 0. The lowest BCUT2D eigenvalue weighted by Crippen LogP contribution is -2.43. The Morgan fingerprint density at radius 1 is 1.28 bits per heavy atom. The largest absolute Gasteiger partial charge is 0.356 e. The van der Waals surface area contributed by atoms with E-state index in [0.29, 0.717) is 6.04 Å². The van der Waals surface area contributed by atoms with E-state index >= 15 is 0 Å². The third-order valence-electron chi connectivity index (χ3n) is 4.81. The maximum atomic E-state index is 4.58. The quantitative estimate of drug-likeness (QED) is 0.235. The Kier molecular flexibility index (Phi) is 13.0. The van der Waals surface area contributed by atoms with Crippen LogP contribution in [0.1, 0.15) is 43.5 Å². The zero-order chi connectivity index (χ0) is 20.4. The van der Waals surface area contributed by atoms with Crippen LogP contribution in [0.25, 0.3) is 10.6 Å². The number of halogens is 1. The number of aromatic nitrogens is 1. The molecule has 0 bridgehead atoms. The summed E-state index contributed by atoms with van der Waals surface area (Å²) in [6.07, 6.45) is 3.35. The molecule has 29 heavy (non-hydrogen) atoms. The first-order valence-corrected chi connectivity index (χ1v) is 12.0. The molecular formula is C21H36IN5S2. The molecule has 0 saturated carbocycles. The molecular weight excluding hydrogens is 513 g/mol. The van der Waals surface area contributed by atoms with Gasteiger partial charge in [0.25, 0.3) is 0 Å². The number of nitrogens with one attached hydrogen (secondary N) is 2. The number of thiophene rings is 1. The van der Waals surface area contributed by atoms with Crippen LogP contribution < -0.4 is 10.6 Å². The monoisotopic (exact) mass is 549 g/mol. The first-order chi connectivity index (χ1) is 13.5. The molecule has 0 spiro atoms. The van der Waals surface area contributed by atoms with Gasteiger partial charge in [0, 0.05) is 29.9 Å². The smallest absolute Gasteiger partial charge is 0.191 e. The van der Waals surface area contributed by atoms with E-state index in [1.165, 1.54) is 22.7 Å². The number of hydrogen-bond acceptors (Lipinski definition) is 5. The van der Waals surface area contributed by atoms with Crippen molar-refractivity contribution in [3.05, 3.63) is 27.4 Å². The number of aryl methyl sites for hydroxylation is 1. The molecule has 1 atom stereocenters. The van der Waals surface area contributed by atoms with E-state index in [0.717, 1.165) is 49.1 Å². The van der Waals surface area contributed by atoms with Gasteiger partial charge in [-0.25, -0.2) is 4.98 Å². The molecule has 2 aromatic heterocycles. The zero-order valence-corrected chi connectivity index (χ0v) is 22.3. The van der Waals surface area contributed by atoms with Gasteiger partial charge < -0.3 is 15.5 Å². The molecule has 1 unspecified atom stereocenters. The van der Waals surface area contributed by atoms with Gasteiger partial charge >= 0.3 is 0 Å². The number of rotatable bonds is 11. The molecule has 0 fully saturated rings. The van der Waals surface area contributed by atoms with Crippen LogP contribution >= 0.6 is 46.7 Å². The lowest BCUT2D eigenvalue weighted by molar-refractivity contribution is 0.292. The van der Waals surface area contributed by atoms with Gasteiger partial charge in [0.05, 0.1) is 15.6 Å². The summed E-state index contributed by atoms with van der Waals surface area (Å²) in [6.45, 7) is 13.1. The Balaban J connectivity index is 0.00000420. The predicted octanol–water partition coefficient (Wildman–Crippen LogP) is 5.02. The molecule has 0 amide bonds. The highest BCUT2D eigenvalue weighted by Gasteiger charge is 2.08. The summed E-state index contributed by atoms with van der Waals surface area (Å²) in [5, 5.41) is 10.2. The average Bonchev–Trinajstić information content (AvgIpc) is 3.33. The van der Waals surface area contributed by atoms with Crippen molar-refractivity contribution < 1.29 is 0 Å². The molecule has 0 aliphatic heterocycles. The zero-order valence-electron chi connectivity index (χ0n) is 18.3. The Morgan fingerprint density at radius 3 is 2.66 bits per heavy atom. The topological polar surface area (TPSA) is 52.5 Å². The lowest BCUT2D eigenvalue weighted by atomic mass is 10.2. The summed E-state index contributed by atoms with van der Waals surface area (Å²) in [4.78, 5) is 14.0. The summed E-state index contributed by atoms with van der Waals surface area (Å²) >= 11 is 3.53. The van der Waals surface area contributed by atoms with E-state index in [1.807, 2.05) is 18.4 Å². The molecule has 164 valence electrons. The van der Waals surface area contributed by atoms with Crippen molar-refractivity contribution in [2.45, 2.75) is 53.0 Å². The highest BCUT2D eigenvalue weighted by atomic mass is 127. The van der Waals surface area contributed by atoms with E-state index in [4.69, 9.17) is 0 Å². The van der Waals surface area contributed by atoms with Crippen molar-refractivity contribution in [1.29, 1.82) is 0 Å². The first-order valence-electron chi connectivity index (χ1n) is 10.3. The molecule has 0 aliphatic carbocycles. The summed E-state index contributed by atoms with van der Waals surface area (Å²) in [6, 6.07) is 4.81. The Bertz CT molecular complexity index is 724. The van der Waals surface area contributed by atoms with Crippen molar-refractivity contribution in [1.82, 2.24) is 20.5 Å². The molecule has 2 aromatic rings. The highest BCUT2D eigenvalue weighted by molar-refractivity contribution is 14.0. The van der Waals surface area contributed by atoms with Gasteiger partial charge in [-0.2, -0.15) is 0 Å². The summed E-state index contributed by atoms with van der Waals surface area (Å²) in [7, 11) is 1.84. The highest BCUT2D eigenvalue weighted by Crippen LogP contribution is 2.29. The van der Waals surface area contributed by atoms with E-state index < -0.39 is 0 Å². The summed E-state index contributed by atoms with van der Waals surface area (Å²) in [5.74, 6) is 0.891. The number of aliphatic imine (C=N–C) groups is 1. The van der Waals surface area contributed by atoms with Gasteiger partial charge in [-0.1, -0.05) is 13.8 Å². The van der Waals surface area contributed by atoms with Crippen molar-refractivity contribution in [2.75, 3.05) is 33.2 Å². The van der Waals surface area contributed by atoms with Crippen LogP contribution in [0.2, 0.25) is 0 Å².